The number of carbonyl (C=O) groups excluding carboxylic acids is 2. The molecule has 7 nitrogen and oxygen atoms in total. The average molecular weight is 491 g/mol. The van der Waals surface area contributed by atoms with Gasteiger partial charge in [-0.15, -0.1) is 28.1 Å². The lowest BCUT2D eigenvalue weighted by molar-refractivity contribution is -0.113. The fraction of sp³-hybridized carbons (Fsp3) is 0.583. The monoisotopic (exact) mass is 490 g/mol. The lowest BCUT2D eigenvalue weighted by Gasteiger charge is -2.21. The van der Waals surface area contributed by atoms with Gasteiger partial charge in [-0.3, -0.25) is 4.79 Å². The van der Waals surface area contributed by atoms with Crippen molar-refractivity contribution in [1.82, 2.24) is 14.8 Å². The van der Waals surface area contributed by atoms with Crippen molar-refractivity contribution in [2.45, 2.75) is 76.9 Å². The van der Waals surface area contributed by atoms with Crippen LogP contribution < -0.4 is 5.32 Å². The highest BCUT2D eigenvalue weighted by Gasteiger charge is 2.23. The van der Waals surface area contributed by atoms with E-state index in [1.54, 1.807) is 0 Å². The van der Waals surface area contributed by atoms with Gasteiger partial charge in [-0.05, 0) is 31.2 Å². The number of ether oxygens (including phenoxy) is 1. The summed E-state index contributed by atoms with van der Waals surface area (Å²) in [5, 5.41) is 12.9. The van der Waals surface area contributed by atoms with E-state index >= 15 is 0 Å². The minimum absolute atomic E-state index is 0.177. The van der Waals surface area contributed by atoms with Crippen molar-refractivity contribution < 1.29 is 14.3 Å². The first-order valence-electron chi connectivity index (χ1n) is 11.6. The highest BCUT2D eigenvalue weighted by atomic mass is 32.2. The normalized spacial score (nSPS) is 14.3. The van der Waals surface area contributed by atoms with Crippen LogP contribution >= 0.6 is 23.1 Å². The molecule has 0 aliphatic heterocycles. The van der Waals surface area contributed by atoms with Crippen LogP contribution in [0.1, 0.15) is 72.1 Å². The van der Waals surface area contributed by atoms with Crippen LogP contribution in [0.2, 0.25) is 0 Å². The number of nitrogens with zero attached hydrogens (tertiary/aromatic N) is 3. The van der Waals surface area contributed by atoms with Crippen LogP contribution in [0.25, 0.3) is 0 Å². The first-order chi connectivity index (χ1) is 16.0. The van der Waals surface area contributed by atoms with Crippen molar-refractivity contribution in [1.29, 1.82) is 0 Å². The molecule has 0 spiro atoms. The van der Waals surface area contributed by atoms with E-state index in [2.05, 4.69) is 26.7 Å². The number of allylic oxidation sites excluding steroid dienone is 1. The second kappa shape index (κ2) is 12.4. The Hall–Kier alpha value is -2.13. The number of aromatic nitrogens is 3. The molecule has 0 radical (unpaired) electrons. The Balaban J connectivity index is 1.63. The van der Waals surface area contributed by atoms with Crippen LogP contribution in [0.5, 0.6) is 0 Å². The predicted octanol–water partition coefficient (Wildman–Crippen LogP) is 5.43. The maximum Gasteiger partial charge on any atom is 0.341 e. The van der Waals surface area contributed by atoms with Crippen molar-refractivity contribution >= 4 is 40.0 Å². The van der Waals surface area contributed by atoms with Crippen LogP contribution in [-0.4, -0.2) is 39.5 Å². The fourth-order valence-corrected chi connectivity index (χ4v) is 6.35. The Kier molecular flexibility index (Phi) is 9.55. The molecule has 1 aliphatic carbocycles. The number of anilines is 1. The van der Waals surface area contributed by atoms with Crippen LogP contribution in [0.3, 0.4) is 0 Å². The minimum Gasteiger partial charge on any atom is -0.465 e. The topological polar surface area (TPSA) is 86.1 Å². The summed E-state index contributed by atoms with van der Waals surface area (Å²) >= 11 is 2.76. The molecule has 1 saturated carbocycles. The molecule has 3 rings (SSSR count). The van der Waals surface area contributed by atoms with Crippen molar-refractivity contribution in [3.63, 3.8) is 0 Å². The number of rotatable bonds is 11. The summed E-state index contributed by atoms with van der Waals surface area (Å²) in [7, 11) is 1.36. The molecule has 0 bridgehead atoms. The molecule has 0 unspecified atom stereocenters. The predicted molar refractivity (Wildman–Crippen MR) is 134 cm³/mol. The molecule has 2 aromatic heterocycles. The summed E-state index contributed by atoms with van der Waals surface area (Å²) in [6, 6.07) is 0. The molecule has 180 valence electrons. The number of amides is 1. The van der Waals surface area contributed by atoms with Gasteiger partial charge in [0.25, 0.3) is 0 Å². The van der Waals surface area contributed by atoms with Gasteiger partial charge in [-0.2, -0.15) is 0 Å². The Morgan fingerprint density at radius 3 is 2.73 bits per heavy atom. The van der Waals surface area contributed by atoms with E-state index in [1.165, 1.54) is 62.3 Å². The molecule has 2 aromatic rings. The van der Waals surface area contributed by atoms with Crippen LogP contribution in [0, 0.1) is 12.8 Å². The van der Waals surface area contributed by atoms with Gasteiger partial charge in [0.1, 0.15) is 10.8 Å². The highest BCUT2D eigenvalue weighted by molar-refractivity contribution is 7.99. The standard InChI is InChI=1S/C24H34N4O3S2/c1-5-14-28-19(13-12-17-10-8-7-9-11-17)26-27-24(28)32-15-20(29)25-22-21(23(30)31-4)18(6-2)16(3)33-22/h5,17H,1,6-15H2,2-4H3,(H,25,29). The Morgan fingerprint density at radius 2 is 2.06 bits per heavy atom. The molecule has 1 aliphatic rings. The Labute approximate surface area is 204 Å². The van der Waals surface area contributed by atoms with Crippen molar-refractivity contribution in [3.05, 3.63) is 34.5 Å². The second-order valence-corrected chi connectivity index (χ2v) is 10.5. The summed E-state index contributed by atoms with van der Waals surface area (Å²) in [6.45, 7) is 8.42. The molecule has 9 heteroatoms. The van der Waals surface area contributed by atoms with Gasteiger partial charge in [0.2, 0.25) is 5.91 Å². The van der Waals surface area contributed by atoms with Crippen LogP contribution in [-0.2, 0) is 28.9 Å². The van der Waals surface area contributed by atoms with E-state index in [0.29, 0.717) is 28.7 Å². The van der Waals surface area contributed by atoms with E-state index in [9.17, 15) is 9.59 Å². The van der Waals surface area contributed by atoms with E-state index in [4.69, 9.17) is 4.74 Å². The number of hydrogen-bond donors (Lipinski definition) is 1. The van der Waals surface area contributed by atoms with Gasteiger partial charge in [0.15, 0.2) is 5.16 Å². The molecular weight excluding hydrogens is 456 g/mol. The van der Waals surface area contributed by atoms with Crippen molar-refractivity contribution in [2.24, 2.45) is 5.92 Å². The van der Waals surface area contributed by atoms with Gasteiger partial charge in [0.05, 0.1) is 18.4 Å². The van der Waals surface area contributed by atoms with Crippen molar-refractivity contribution in [3.8, 4) is 0 Å². The third kappa shape index (κ3) is 6.47. The number of thioether (sulfide) groups is 1. The van der Waals surface area contributed by atoms with E-state index < -0.39 is 5.97 Å². The zero-order chi connectivity index (χ0) is 23.8. The molecular formula is C24H34N4O3S2. The first kappa shape index (κ1) is 25.5. The summed E-state index contributed by atoms with van der Waals surface area (Å²) in [4.78, 5) is 26.0. The first-order valence-corrected chi connectivity index (χ1v) is 13.4. The molecule has 2 heterocycles. The summed E-state index contributed by atoms with van der Waals surface area (Å²) in [5.41, 5.74) is 1.38. The lowest BCUT2D eigenvalue weighted by Crippen LogP contribution is -2.17. The number of hydrogen-bond acceptors (Lipinski definition) is 7. The van der Waals surface area contributed by atoms with E-state index in [-0.39, 0.29) is 11.7 Å². The lowest BCUT2D eigenvalue weighted by atomic mass is 9.86. The number of aryl methyl sites for hydroxylation is 2. The molecule has 1 fully saturated rings. The molecule has 1 N–H and O–H groups in total. The zero-order valence-electron chi connectivity index (χ0n) is 19.8. The zero-order valence-corrected chi connectivity index (χ0v) is 21.4. The van der Waals surface area contributed by atoms with E-state index in [1.807, 2.05) is 19.9 Å². The van der Waals surface area contributed by atoms with Gasteiger partial charge in [-0.1, -0.05) is 56.9 Å². The largest absolute Gasteiger partial charge is 0.465 e. The van der Waals surface area contributed by atoms with Crippen molar-refractivity contribution in [2.75, 3.05) is 18.2 Å². The minimum atomic E-state index is -0.424. The molecule has 1 amide bonds. The SMILES string of the molecule is C=CCn1c(CCC2CCCCC2)nnc1SCC(=O)Nc1sc(C)c(CC)c1C(=O)OC. The quantitative estimate of drug-likeness (QED) is 0.257. The Bertz CT molecular complexity index is 977. The third-order valence-corrected chi connectivity index (χ3v) is 8.17. The van der Waals surface area contributed by atoms with Gasteiger partial charge >= 0.3 is 5.97 Å². The average Bonchev–Trinajstić information content (AvgIpc) is 3.35. The summed E-state index contributed by atoms with van der Waals surface area (Å²) in [6.07, 6.45) is 11.2. The number of nitrogens with one attached hydrogen (secondary N) is 1. The van der Waals surface area contributed by atoms with Gasteiger partial charge < -0.3 is 14.6 Å². The highest BCUT2D eigenvalue weighted by Crippen LogP contribution is 2.34. The number of carbonyl (C=O) groups is 2. The van der Waals surface area contributed by atoms with Gasteiger partial charge in [0, 0.05) is 17.8 Å². The van der Waals surface area contributed by atoms with E-state index in [0.717, 1.165) is 35.0 Å². The fourth-order valence-electron chi connectivity index (χ4n) is 4.44. The number of thiophene rings is 1. The Morgan fingerprint density at radius 1 is 1.30 bits per heavy atom. The van der Waals surface area contributed by atoms with Crippen LogP contribution in [0.15, 0.2) is 17.8 Å². The smallest absolute Gasteiger partial charge is 0.341 e. The second-order valence-electron chi connectivity index (χ2n) is 8.36. The number of methoxy groups -OCH3 is 1. The molecule has 0 aromatic carbocycles. The van der Waals surface area contributed by atoms with Gasteiger partial charge in [-0.25, -0.2) is 4.79 Å². The summed E-state index contributed by atoms with van der Waals surface area (Å²) < 4.78 is 6.99. The number of esters is 1. The van der Waals surface area contributed by atoms with Crippen LogP contribution in [0.4, 0.5) is 5.00 Å². The maximum atomic E-state index is 12.7. The maximum absolute atomic E-state index is 12.7. The molecule has 33 heavy (non-hydrogen) atoms. The molecule has 0 saturated heterocycles. The summed E-state index contributed by atoms with van der Waals surface area (Å²) in [5.74, 6) is 1.30. The molecule has 0 atom stereocenters. The third-order valence-electron chi connectivity index (χ3n) is 6.14.